The van der Waals surface area contributed by atoms with Crippen molar-refractivity contribution in [2.45, 2.75) is 38.8 Å². The van der Waals surface area contributed by atoms with Crippen LogP contribution >= 0.6 is 0 Å². The van der Waals surface area contributed by atoms with Gasteiger partial charge in [0.05, 0.1) is 5.69 Å². The zero-order valence-corrected chi connectivity index (χ0v) is 12.6. The molecule has 0 bridgehead atoms. The minimum atomic E-state index is -4.46. The maximum atomic E-state index is 13.1. The number of rotatable bonds is 1. The van der Waals surface area contributed by atoms with Crippen LogP contribution in [0.25, 0.3) is 0 Å². The summed E-state index contributed by atoms with van der Waals surface area (Å²) in [5, 5.41) is 3.22. The van der Waals surface area contributed by atoms with Crippen LogP contribution in [0.2, 0.25) is 0 Å². The molecule has 0 saturated carbocycles. The normalized spacial score (nSPS) is 17.7. The van der Waals surface area contributed by atoms with E-state index in [2.05, 4.69) is 15.3 Å². The highest BCUT2D eigenvalue weighted by Crippen LogP contribution is 2.32. The number of anilines is 1. The lowest BCUT2D eigenvalue weighted by atomic mass is 9.91. The van der Waals surface area contributed by atoms with Gasteiger partial charge in [0.2, 0.25) is 5.95 Å². The Balaban J connectivity index is 2.44. The van der Waals surface area contributed by atoms with Gasteiger partial charge < -0.3 is 10.2 Å². The van der Waals surface area contributed by atoms with Crippen molar-refractivity contribution in [3.05, 3.63) is 17.5 Å². The molecule has 1 aliphatic heterocycles. The number of hydrogen-bond acceptors (Lipinski definition) is 4. The fraction of sp³-hybridized carbons (Fsp3) is 0.714. The summed E-state index contributed by atoms with van der Waals surface area (Å²) in [5.74, 6) is 0.179. The molecule has 0 radical (unpaired) electrons. The second-order valence-corrected chi connectivity index (χ2v) is 6.28. The molecule has 1 saturated heterocycles. The lowest BCUT2D eigenvalue weighted by molar-refractivity contribution is -0.141. The predicted octanol–water partition coefficient (Wildman–Crippen LogP) is 2.59. The summed E-state index contributed by atoms with van der Waals surface area (Å²) in [6.07, 6.45) is -3.59. The Morgan fingerprint density at radius 2 is 1.71 bits per heavy atom. The highest BCUT2D eigenvalue weighted by atomic mass is 19.4. The van der Waals surface area contributed by atoms with E-state index in [-0.39, 0.29) is 5.95 Å². The third kappa shape index (κ3) is 4.06. The van der Waals surface area contributed by atoms with Gasteiger partial charge in [-0.2, -0.15) is 13.2 Å². The van der Waals surface area contributed by atoms with Crippen molar-refractivity contribution in [3.63, 3.8) is 0 Å². The Kier molecular flexibility index (Phi) is 4.41. The van der Waals surface area contributed by atoms with Gasteiger partial charge >= 0.3 is 6.18 Å². The van der Waals surface area contributed by atoms with E-state index in [9.17, 15) is 13.2 Å². The zero-order valence-electron chi connectivity index (χ0n) is 12.6. The Morgan fingerprint density at radius 3 is 2.33 bits per heavy atom. The van der Waals surface area contributed by atoms with Crippen LogP contribution in [0.5, 0.6) is 0 Å². The Morgan fingerprint density at radius 1 is 1.05 bits per heavy atom. The first-order valence-corrected chi connectivity index (χ1v) is 7.10. The van der Waals surface area contributed by atoms with E-state index in [1.54, 1.807) is 0 Å². The van der Waals surface area contributed by atoms with E-state index in [1.807, 2.05) is 25.7 Å². The molecule has 0 spiro atoms. The zero-order chi connectivity index (χ0) is 15.7. The SMILES string of the molecule is CC(C)(C)c1cc(C(F)(F)F)nc(N2CCCNCC2)n1. The number of nitrogens with one attached hydrogen (secondary N) is 1. The van der Waals surface area contributed by atoms with Crippen molar-refractivity contribution in [2.75, 3.05) is 31.1 Å². The van der Waals surface area contributed by atoms with E-state index in [1.165, 1.54) is 0 Å². The van der Waals surface area contributed by atoms with Crippen LogP contribution in [0.1, 0.15) is 38.6 Å². The summed E-state index contributed by atoms with van der Waals surface area (Å²) in [6.45, 7) is 8.42. The Hall–Kier alpha value is -1.37. The van der Waals surface area contributed by atoms with E-state index in [0.717, 1.165) is 25.6 Å². The predicted molar refractivity (Wildman–Crippen MR) is 75.4 cm³/mol. The molecule has 1 aromatic rings. The van der Waals surface area contributed by atoms with Crippen LogP contribution in [0.4, 0.5) is 19.1 Å². The highest BCUT2D eigenvalue weighted by molar-refractivity contribution is 5.35. The van der Waals surface area contributed by atoms with E-state index in [4.69, 9.17) is 0 Å². The average molecular weight is 302 g/mol. The van der Waals surface area contributed by atoms with Gasteiger partial charge in [0.1, 0.15) is 5.69 Å². The molecule has 1 aromatic heterocycles. The smallest absolute Gasteiger partial charge is 0.339 e. The molecule has 21 heavy (non-hydrogen) atoms. The maximum absolute atomic E-state index is 13.1. The summed E-state index contributed by atoms with van der Waals surface area (Å²) in [6, 6.07) is 1.06. The molecule has 0 aliphatic carbocycles. The van der Waals surface area contributed by atoms with E-state index >= 15 is 0 Å². The molecule has 7 heteroatoms. The Labute approximate surface area is 122 Å². The van der Waals surface area contributed by atoms with Gasteiger partial charge in [-0.05, 0) is 19.0 Å². The maximum Gasteiger partial charge on any atom is 0.433 e. The van der Waals surface area contributed by atoms with Crippen LogP contribution in [0, 0.1) is 0 Å². The molecular formula is C14H21F3N4. The van der Waals surface area contributed by atoms with Crippen LogP contribution in [-0.2, 0) is 11.6 Å². The summed E-state index contributed by atoms with van der Waals surface area (Å²) < 4.78 is 39.2. The van der Waals surface area contributed by atoms with Crippen molar-refractivity contribution in [1.29, 1.82) is 0 Å². The first kappa shape index (κ1) is 16.0. The van der Waals surface area contributed by atoms with Crippen molar-refractivity contribution in [2.24, 2.45) is 0 Å². The fourth-order valence-corrected chi connectivity index (χ4v) is 2.15. The molecule has 0 unspecified atom stereocenters. The third-order valence-corrected chi connectivity index (χ3v) is 3.40. The minimum Gasteiger partial charge on any atom is -0.339 e. The van der Waals surface area contributed by atoms with Crippen molar-refractivity contribution >= 4 is 5.95 Å². The van der Waals surface area contributed by atoms with Crippen LogP contribution in [-0.4, -0.2) is 36.1 Å². The molecule has 118 valence electrons. The standard InChI is InChI=1S/C14H21F3N4/c1-13(2,3)10-9-11(14(15,16)17)20-12(19-10)21-7-4-5-18-6-8-21/h9,18H,4-8H2,1-3H3. The van der Waals surface area contributed by atoms with Gasteiger partial charge in [0, 0.05) is 25.0 Å². The molecule has 1 fully saturated rings. The monoisotopic (exact) mass is 302 g/mol. The summed E-state index contributed by atoms with van der Waals surface area (Å²) in [5.41, 5.74) is -0.909. The van der Waals surface area contributed by atoms with Gasteiger partial charge in [-0.1, -0.05) is 20.8 Å². The van der Waals surface area contributed by atoms with Gasteiger partial charge in [-0.25, -0.2) is 9.97 Å². The molecular weight excluding hydrogens is 281 g/mol. The van der Waals surface area contributed by atoms with Gasteiger partial charge in [0.15, 0.2) is 0 Å². The molecule has 0 aromatic carbocycles. The minimum absolute atomic E-state index is 0.179. The number of aromatic nitrogens is 2. The first-order chi connectivity index (χ1) is 9.68. The molecule has 1 aliphatic rings. The summed E-state index contributed by atoms with van der Waals surface area (Å²) in [4.78, 5) is 9.94. The summed E-state index contributed by atoms with van der Waals surface area (Å²) in [7, 11) is 0. The van der Waals surface area contributed by atoms with Gasteiger partial charge in [-0.3, -0.25) is 0 Å². The lowest BCUT2D eigenvalue weighted by Crippen LogP contribution is -2.31. The van der Waals surface area contributed by atoms with Crippen molar-refractivity contribution in [1.82, 2.24) is 15.3 Å². The van der Waals surface area contributed by atoms with Crippen molar-refractivity contribution < 1.29 is 13.2 Å². The van der Waals surface area contributed by atoms with Gasteiger partial charge in [-0.15, -0.1) is 0 Å². The van der Waals surface area contributed by atoms with Crippen molar-refractivity contribution in [3.8, 4) is 0 Å². The molecule has 1 N–H and O–H groups in total. The number of alkyl halides is 3. The van der Waals surface area contributed by atoms with Crippen LogP contribution < -0.4 is 10.2 Å². The average Bonchev–Trinajstić information content (AvgIpc) is 2.65. The first-order valence-electron chi connectivity index (χ1n) is 7.10. The van der Waals surface area contributed by atoms with E-state index in [0.29, 0.717) is 18.8 Å². The lowest BCUT2D eigenvalue weighted by Gasteiger charge is -2.25. The molecule has 0 atom stereocenters. The van der Waals surface area contributed by atoms with Gasteiger partial charge in [0.25, 0.3) is 0 Å². The number of nitrogens with zero attached hydrogens (tertiary/aromatic N) is 3. The second-order valence-electron chi connectivity index (χ2n) is 6.28. The highest BCUT2D eigenvalue weighted by Gasteiger charge is 2.35. The topological polar surface area (TPSA) is 41.1 Å². The van der Waals surface area contributed by atoms with Crippen LogP contribution in [0.3, 0.4) is 0 Å². The Bertz CT molecular complexity index is 454. The van der Waals surface area contributed by atoms with Crippen LogP contribution in [0.15, 0.2) is 6.07 Å². The third-order valence-electron chi connectivity index (χ3n) is 3.40. The molecule has 2 rings (SSSR count). The van der Waals surface area contributed by atoms with E-state index < -0.39 is 17.3 Å². The summed E-state index contributed by atoms with van der Waals surface area (Å²) >= 11 is 0. The molecule has 0 amide bonds. The second kappa shape index (κ2) is 5.79. The quantitative estimate of drug-likeness (QED) is 0.866. The fourth-order valence-electron chi connectivity index (χ4n) is 2.15. The molecule has 2 heterocycles. The molecule has 4 nitrogen and oxygen atoms in total. The number of halogens is 3. The largest absolute Gasteiger partial charge is 0.433 e. The number of hydrogen-bond donors (Lipinski definition) is 1.